The number of hydrogen-bond acceptors (Lipinski definition) is 1. The average molecular weight is 301 g/mol. The van der Waals surface area contributed by atoms with E-state index in [1.54, 1.807) is 0 Å². The Morgan fingerprint density at radius 2 is 1.59 bits per heavy atom. The molecule has 1 heterocycles. The molecule has 1 aliphatic rings. The lowest BCUT2D eigenvalue weighted by molar-refractivity contribution is 1.40. The molecule has 0 unspecified atom stereocenters. The molecule has 1 nitrogen and oxygen atoms in total. The molecule has 0 fully saturated rings. The first-order valence-electron chi connectivity index (χ1n) is 7.75. The average Bonchev–Trinajstić information content (AvgIpc) is 2.92. The van der Waals surface area contributed by atoms with Gasteiger partial charge in [-0.25, -0.2) is 4.98 Å². The maximum Gasteiger partial charge on any atom is 0.0776 e. The Bertz CT molecular complexity index is 917. The molecular formula is C20H19NSi. The van der Waals surface area contributed by atoms with Crippen molar-refractivity contribution in [1.29, 1.82) is 0 Å². The van der Waals surface area contributed by atoms with Crippen LogP contribution in [0, 0.1) is 0 Å². The first kappa shape index (κ1) is 13.5. The van der Waals surface area contributed by atoms with Crippen molar-refractivity contribution >= 4 is 36.3 Å². The second kappa shape index (κ2) is 4.65. The molecule has 22 heavy (non-hydrogen) atoms. The van der Waals surface area contributed by atoms with Gasteiger partial charge >= 0.3 is 0 Å². The van der Waals surface area contributed by atoms with Crippen LogP contribution in [0.2, 0.25) is 19.6 Å². The normalized spacial score (nSPS) is 13.0. The Morgan fingerprint density at radius 1 is 0.818 bits per heavy atom. The monoisotopic (exact) mass is 301 g/mol. The van der Waals surface area contributed by atoms with Crippen LogP contribution in [-0.4, -0.2) is 13.1 Å². The summed E-state index contributed by atoms with van der Waals surface area (Å²) in [5.74, 6) is 0. The van der Waals surface area contributed by atoms with Gasteiger partial charge < -0.3 is 0 Å². The van der Waals surface area contributed by atoms with Crippen LogP contribution in [0.3, 0.4) is 0 Å². The van der Waals surface area contributed by atoms with Crippen molar-refractivity contribution in [1.82, 2.24) is 4.98 Å². The van der Waals surface area contributed by atoms with E-state index < -0.39 is 8.07 Å². The van der Waals surface area contributed by atoms with E-state index in [0.717, 1.165) is 11.2 Å². The minimum atomic E-state index is -1.30. The lowest BCUT2D eigenvalue weighted by Gasteiger charge is -2.17. The highest BCUT2D eigenvalue weighted by molar-refractivity contribution is 6.88. The third-order valence-corrected chi connectivity index (χ3v) is 6.41. The van der Waals surface area contributed by atoms with Gasteiger partial charge in [-0.3, -0.25) is 0 Å². The number of rotatable bonds is 2. The summed E-state index contributed by atoms with van der Waals surface area (Å²) in [6.45, 7) is 7.15. The molecule has 1 aliphatic carbocycles. The molecule has 2 heteroatoms. The summed E-state index contributed by atoms with van der Waals surface area (Å²) < 4.78 is 0. The van der Waals surface area contributed by atoms with Gasteiger partial charge in [-0.05, 0) is 23.3 Å². The molecule has 3 aromatic rings. The van der Waals surface area contributed by atoms with Crippen molar-refractivity contribution in [3.63, 3.8) is 0 Å². The van der Waals surface area contributed by atoms with Crippen LogP contribution in [0.15, 0.2) is 48.5 Å². The summed E-state index contributed by atoms with van der Waals surface area (Å²) >= 11 is 0. The maximum atomic E-state index is 4.91. The molecule has 4 rings (SSSR count). The smallest absolute Gasteiger partial charge is 0.0776 e. The second-order valence-electron chi connectivity index (χ2n) is 7.00. The second-order valence-corrected chi connectivity index (χ2v) is 12.1. The van der Waals surface area contributed by atoms with Crippen molar-refractivity contribution in [2.75, 3.05) is 0 Å². The van der Waals surface area contributed by atoms with Crippen LogP contribution in [0.25, 0.3) is 34.3 Å². The fraction of sp³-hybridized carbons (Fsp3) is 0.150. The lowest BCUT2D eigenvalue weighted by Crippen LogP contribution is -2.37. The van der Waals surface area contributed by atoms with Crippen molar-refractivity contribution < 1.29 is 0 Å². The first-order valence-corrected chi connectivity index (χ1v) is 11.3. The van der Waals surface area contributed by atoms with Gasteiger partial charge in [0.05, 0.1) is 19.3 Å². The molecule has 0 radical (unpaired) electrons. The molecular weight excluding hydrogens is 282 g/mol. The summed E-state index contributed by atoms with van der Waals surface area (Å²) in [4.78, 5) is 4.91. The minimum absolute atomic E-state index is 1.08. The summed E-state index contributed by atoms with van der Waals surface area (Å²) in [7, 11) is -1.30. The molecule has 0 atom stereocenters. The Labute approximate surface area is 132 Å². The predicted molar refractivity (Wildman–Crippen MR) is 99.1 cm³/mol. The zero-order valence-corrected chi connectivity index (χ0v) is 14.2. The van der Waals surface area contributed by atoms with E-state index in [9.17, 15) is 0 Å². The number of nitrogens with zero attached hydrogens (tertiary/aromatic N) is 1. The molecule has 0 spiro atoms. The van der Waals surface area contributed by atoms with Gasteiger partial charge in [0.25, 0.3) is 0 Å². The highest BCUT2D eigenvalue weighted by Crippen LogP contribution is 2.33. The topological polar surface area (TPSA) is 12.9 Å². The van der Waals surface area contributed by atoms with Crippen LogP contribution < -0.4 is 5.19 Å². The molecule has 108 valence electrons. The molecule has 0 saturated heterocycles. The highest BCUT2D eigenvalue weighted by atomic mass is 28.3. The predicted octanol–water partition coefficient (Wildman–Crippen LogP) is 4.93. The van der Waals surface area contributed by atoms with Gasteiger partial charge in [0.1, 0.15) is 0 Å². The van der Waals surface area contributed by atoms with Gasteiger partial charge in [0.15, 0.2) is 0 Å². The number of aromatic nitrogens is 1. The Morgan fingerprint density at radius 3 is 2.41 bits per heavy atom. The molecule has 0 N–H and O–H groups in total. The Hall–Kier alpha value is -2.19. The summed E-state index contributed by atoms with van der Waals surface area (Å²) in [5, 5.41) is 2.76. The van der Waals surface area contributed by atoms with E-state index in [1.807, 2.05) is 0 Å². The third kappa shape index (κ3) is 2.11. The van der Waals surface area contributed by atoms with Gasteiger partial charge in [-0.2, -0.15) is 0 Å². The number of benzene rings is 2. The maximum absolute atomic E-state index is 4.91. The minimum Gasteiger partial charge on any atom is -0.248 e. The number of hydrogen-bond donors (Lipinski definition) is 0. The zero-order valence-electron chi connectivity index (χ0n) is 13.2. The van der Waals surface area contributed by atoms with E-state index in [2.05, 4.69) is 80.3 Å². The van der Waals surface area contributed by atoms with Gasteiger partial charge in [0, 0.05) is 10.9 Å². The molecule has 0 aliphatic heterocycles. The van der Waals surface area contributed by atoms with Crippen molar-refractivity contribution in [2.45, 2.75) is 19.6 Å². The highest BCUT2D eigenvalue weighted by Gasteiger charge is 2.17. The summed E-state index contributed by atoms with van der Waals surface area (Å²) in [6.07, 6.45) is 4.38. The zero-order chi connectivity index (χ0) is 15.3. The molecule has 0 amide bonds. The van der Waals surface area contributed by atoms with Crippen LogP contribution in [0.1, 0.15) is 11.1 Å². The Balaban J connectivity index is 1.92. The van der Waals surface area contributed by atoms with E-state index >= 15 is 0 Å². The van der Waals surface area contributed by atoms with Gasteiger partial charge in [-0.1, -0.05) is 73.4 Å². The van der Waals surface area contributed by atoms with Crippen LogP contribution >= 0.6 is 0 Å². The van der Waals surface area contributed by atoms with E-state index in [4.69, 9.17) is 4.98 Å². The number of pyridine rings is 1. The quantitative estimate of drug-likeness (QED) is 0.478. The van der Waals surface area contributed by atoms with E-state index in [1.165, 1.54) is 27.3 Å². The lowest BCUT2D eigenvalue weighted by atomic mass is 10.0. The van der Waals surface area contributed by atoms with Gasteiger partial charge in [-0.15, -0.1) is 0 Å². The summed E-state index contributed by atoms with van der Waals surface area (Å²) in [5.41, 5.74) is 5.96. The summed E-state index contributed by atoms with van der Waals surface area (Å²) in [6, 6.07) is 17.5. The molecule has 2 aromatic carbocycles. The first-order chi connectivity index (χ1) is 10.5. The standard InChI is InChI=1S/C20H19NSi/c1-22(2,3)17-8-4-7-15(12-17)19-13-16-11-10-14-6-5-9-18(21-19)20(14)16/h4-13H,1-3H3. The fourth-order valence-electron chi connectivity index (χ4n) is 3.09. The largest absolute Gasteiger partial charge is 0.248 e. The molecule has 0 saturated carbocycles. The third-order valence-electron chi connectivity index (χ3n) is 4.36. The molecule has 1 aromatic heterocycles. The van der Waals surface area contributed by atoms with E-state index in [-0.39, 0.29) is 0 Å². The van der Waals surface area contributed by atoms with Crippen LogP contribution in [0.5, 0.6) is 0 Å². The van der Waals surface area contributed by atoms with Crippen molar-refractivity contribution in [3.8, 4) is 11.3 Å². The van der Waals surface area contributed by atoms with Crippen LogP contribution in [-0.2, 0) is 0 Å². The fourth-order valence-corrected chi connectivity index (χ4v) is 4.27. The van der Waals surface area contributed by atoms with Crippen molar-refractivity contribution in [3.05, 3.63) is 59.7 Å². The Kier molecular flexibility index (Phi) is 2.85. The molecule has 0 bridgehead atoms. The van der Waals surface area contributed by atoms with Crippen LogP contribution in [0.4, 0.5) is 0 Å². The van der Waals surface area contributed by atoms with E-state index in [0.29, 0.717) is 0 Å². The van der Waals surface area contributed by atoms with Crippen molar-refractivity contribution in [2.24, 2.45) is 0 Å². The SMILES string of the molecule is C[Si](C)(C)c1cccc(-c2cc3c4c(cccc4n2)C=C3)c1. The van der Waals surface area contributed by atoms with Gasteiger partial charge in [0.2, 0.25) is 0 Å².